The van der Waals surface area contributed by atoms with Crippen LogP contribution in [0.5, 0.6) is 0 Å². The van der Waals surface area contributed by atoms with Crippen molar-refractivity contribution in [2.24, 2.45) is 0 Å². The molecule has 2 N–H and O–H groups in total. The Morgan fingerprint density at radius 1 is 1.27 bits per heavy atom. The van der Waals surface area contributed by atoms with E-state index in [9.17, 15) is 9.59 Å². The molecule has 8 nitrogen and oxygen atoms in total. The second-order valence-corrected chi connectivity index (χ2v) is 7.94. The van der Waals surface area contributed by atoms with E-state index in [0.717, 1.165) is 68.9 Å². The first-order valence-electron chi connectivity index (χ1n) is 10.7. The minimum Gasteiger partial charge on any atom is -0.354 e. The first kappa shape index (κ1) is 20.3. The smallest absolute Gasteiger partial charge is 0.271 e. The molecule has 2 aromatic heterocycles. The molecule has 30 heavy (non-hydrogen) atoms. The molecule has 0 unspecified atom stereocenters. The summed E-state index contributed by atoms with van der Waals surface area (Å²) in [6, 6.07) is 4.06. The molecular weight excluding hydrogens is 380 g/mol. The number of hydrogen-bond acceptors (Lipinski definition) is 5. The fourth-order valence-corrected chi connectivity index (χ4v) is 4.40. The maximum absolute atomic E-state index is 12.1. The van der Waals surface area contributed by atoms with E-state index in [1.165, 1.54) is 11.9 Å². The Kier molecular flexibility index (Phi) is 5.92. The van der Waals surface area contributed by atoms with Crippen LogP contribution in [0.1, 0.15) is 53.8 Å². The number of piperazine rings is 1. The van der Waals surface area contributed by atoms with Gasteiger partial charge in [0.2, 0.25) is 0 Å². The van der Waals surface area contributed by atoms with Crippen LogP contribution in [-0.4, -0.2) is 64.4 Å². The zero-order valence-electron chi connectivity index (χ0n) is 17.6. The Labute approximate surface area is 176 Å². The number of aryl methyl sites for hydroxylation is 1. The van der Waals surface area contributed by atoms with E-state index in [4.69, 9.17) is 0 Å². The summed E-state index contributed by atoms with van der Waals surface area (Å²) in [7, 11) is 1.58. The highest BCUT2D eigenvalue weighted by Crippen LogP contribution is 2.31. The highest BCUT2D eigenvalue weighted by Gasteiger charge is 2.31. The van der Waals surface area contributed by atoms with Crippen LogP contribution in [-0.2, 0) is 6.42 Å². The number of rotatable bonds is 4. The molecule has 1 amide bonds. The van der Waals surface area contributed by atoms with Crippen molar-refractivity contribution in [3.8, 4) is 0 Å². The van der Waals surface area contributed by atoms with E-state index in [0.29, 0.717) is 11.6 Å². The molecule has 0 radical (unpaired) electrons. The van der Waals surface area contributed by atoms with Crippen molar-refractivity contribution >= 4 is 17.4 Å². The van der Waals surface area contributed by atoms with E-state index in [-0.39, 0.29) is 11.5 Å². The fraction of sp³-hybridized carbons (Fsp3) is 0.500. The van der Waals surface area contributed by atoms with Crippen LogP contribution < -0.4 is 15.8 Å². The number of hydrogen-bond donors (Lipinski definition) is 2. The lowest BCUT2D eigenvalue weighted by Crippen LogP contribution is -2.44. The molecule has 0 aromatic carbocycles. The summed E-state index contributed by atoms with van der Waals surface area (Å²) < 4.78 is 2.49. The second-order valence-electron chi connectivity index (χ2n) is 7.94. The third kappa shape index (κ3) is 4.13. The van der Waals surface area contributed by atoms with E-state index in [1.54, 1.807) is 13.2 Å². The maximum atomic E-state index is 12.1. The summed E-state index contributed by atoms with van der Waals surface area (Å²) in [4.78, 5) is 37.7. The summed E-state index contributed by atoms with van der Waals surface area (Å²) in [5.41, 5.74) is 3.79. The molecule has 0 spiro atoms. The molecular formula is C22H29N6O2+. The van der Waals surface area contributed by atoms with Gasteiger partial charge in [0.1, 0.15) is 11.5 Å². The third-order valence-electron chi connectivity index (χ3n) is 6.25. The van der Waals surface area contributed by atoms with Gasteiger partial charge in [0, 0.05) is 37.1 Å². The number of aromatic amines is 1. The molecule has 1 aliphatic heterocycles. The van der Waals surface area contributed by atoms with Crippen LogP contribution in [0.4, 0.5) is 5.82 Å². The monoisotopic (exact) mass is 409 g/mol. The number of pyridine rings is 1. The highest BCUT2D eigenvalue weighted by atomic mass is 16.1. The highest BCUT2D eigenvalue weighted by molar-refractivity contribution is 5.91. The van der Waals surface area contributed by atoms with Crippen molar-refractivity contribution in [3.05, 3.63) is 51.8 Å². The molecule has 2 aromatic rings. The Balaban J connectivity index is 1.38. The van der Waals surface area contributed by atoms with Crippen LogP contribution in [0.2, 0.25) is 0 Å². The lowest BCUT2D eigenvalue weighted by atomic mass is 10.0. The van der Waals surface area contributed by atoms with Gasteiger partial charge in [-0.15, -0.1) is 0 Å². The van der Waals surface area contributed by atoms with Crippen LogP contribution >= 0.6 is 0 Å². The van der Waals surface area contributed by atoms with Gasteiger partial charge in [-0.3, -0.25) is 9.59 Å². The van der Waals surface area contributed by atoms with Crippen LogP contribution in [0, 0.1) is 0 Å². The molecule has 0 bridgehead atoms. The quantitative estimate of drug-likeness (QED) is 0.743. The molecule has 1 atom stereocenters. The summed E-state index contributed by atoms with van der Waals surface area (Å²) in [6.07, 6.45) is 7.16. The van der Waals surface area contributed by atoms with Gasteiger partial charge in [-0.25, -0.2) is 14.5 Å². The maximum Gasteiger partial charge on any atom is 0.271 e. The average Bonchev–Trinajstić information content (AvgIpc) is 3.29. The number of carbonyl (C=O) groups is 1. The normalized spacial score (nSPS) is 19.3. The Bertz CT molecular complexity index is 1000. The van der Waals surface area contributed by atoms with Gasteiger partial charge in [-0.2, -0.15) is 0 Å². The predicted molar refractivity (Wildman–Crippen MR) is 116 cm³/mol. The summed E-state index contributed by atoms with van der Waals surface area (Å²) >= 11 is 0. The number of amides is 1. The number of nitrogens with zero attached hydrogens (tertiary/aromatic N) is 4. The lowest BCUT2D eigenvalue weighted by molar-refractivity contribution is -0.531. The van der Waals surface area contributed by atoms with Crippen molar-refractivity contribution < 1.29 is 9.37 Å². The topological polar surface area (TPSA) is 94.0 Å². The standard InChI is InChI=1S/C22H28N6O2/c1-3-15-5-7-18(26-21(15)29)16-4-6-17(12-16)27-8-10-28(11-9-27)20-14-24-19(13-25-20)22(30)23-2/h5,7,13-14,16H,3-4,6,8-12H2,1-2H3,(H-,23,26,29,30)/p+1/t16-/m1/s1. The second kappa shape index (κ2) is 8.77. The molecule has 1 saturated carbocycles. The van der Waals surface area contributed by atoms with Crippen LogP contribution in [0.3, 0.4) is 0 Å². The van der Waals surface area contributed by atoms with Crippen LogP contribution in [0.25, 0.3) is 0 Å². The molecule has 2 fully saturated rings. The fourth-order valence-electron chi connectivity index (χ4n) is 4.40. The van der Waals surface area contributed by atoms with Gasteiger partial charge in [0.15, 0.2) is 18.8 Å². The Morgan fingerprint density at radius 2 is 2.07 bits per heavy atom. The van der Waals surface area contributed by atoms with Crippen molar-refractivity contribution in [1.82, 2.24) is 20.3 Å². The molecule has 2 aliphatic rings. The minimum absolute atomic E-state index is 0.0561. The Hall–Kier alpha value is -3.03. The summed E-state index contributed by atoms with van der Waals surface area (Å²) in [5.74, 6) is 0.988. The van der Waals surface area contributed by atoms with Crippen molar-refractivity contribution in [2.75, 3.05) is 38.1 Å². The summed E-state index contributed by atoms with van der Waals surface area (Å²) in [5, 5.41) is 2.56. The first-order valence-corrected chi connectivity index (χ1v) is 10.7. The largest absolute Gasteiger partial charge is 0.354 e. The molecule has 4 rings (SSSR count). The number of H-pyrrole nitrogens is 1. The van der Waals surface area contributed by atoms with Gasteiger partial charge in [0.25, 0.3) is 11.5 Å². The van der Waals surface area contributed by atoms with E-state index in [1.807, 2.05) is 13.0 Å². The first-order chi connectivity index (χ1) is 14.6. The predicted octanol–water partition coefficient (Wildman–Crippen LogP) is 1.33. The van der Waals surface area contributed by atoms with Gasteiger partial charge < -0.3 is 15.2 Å². The van der Waals surface area contributed by atoms with Crippen molar-refractivity contribution in [3.63, 3.8) is 0 Å². The number of aromatic nitrogens is 3. The average molecular weight is 410 g/mol. The minimum atomic E-state index is -0.225. The zero-order valence-corrected chi connectivity index (χ0v) is 17.6. The Morgan fingerprint density at radius 3 is 2.70 bits per heavy atom. The molecule has 8 heteroatoms. The molecule has 1 saturated heterocycles. The van der Waals surface area contributed by atoms with Crippen LogP contribution in [0.15, 0.2) is 29.3 Å². The van der Waals surface area contributed by atoms with E-state index >= 15 is 0 Å². The van der Waals surface area contributed by atoms with Gasteiger partial charge >= 0.3 is 0 Å². The number of carbonyl (C=O) groups excluding carboxylic acids is 1. The zero-order chi connectivity index (χ0) is 21.1. The van der Waals surface area contributed by atoms with Crippen molar-refractivity contribution in [1.29, 1.82) is 0 Å². The van der Waals surface area contributed by atoms with Gasteiger partial charge in [-0.1, -0.05) is 13.0 Å². The molecule has 158 valence electrons. The SMILES string of the molecule is CCc1ccc([C@@H]2CCC(=[N+]3CCN(c4cnc(C(=O)NC)cn4)CC3)C2)[nH]c1=O. The lowest BCUT2D eigenvalue weighted by Gasteiger charge is -2.26. The number of anilines is 1. The number of nitrogens with one attached hydrogen (secondary N) is 2. The molecule has 3 heterocycles. The van der Waals surface area contributed by atoms with Gasteiger partial charge in [-0.05, 0) is 18.9 Å². The van der Waals surface area contributed by atoms with E-state index < -0.39 is 0 Å². The van der Waals surface area contributed by atoms with Crippen molar-refractivity contribution in [2.45, 2.75) is 38.5 Å². The third-order valence-corrected chi connectivity index (χ3v) is 6.25. The molecule has 1 aliphatic carbocycles. The summed E-state index contributed by atoms with van der Waals surface area (Å²) in [6.45, 7) is 5.67. The van der Waals surface area contributed by atoms with E-state index in [2.05, 4.69) is 35.8 Å². The van der Waals surface area contributed by atoms with Gasteiger partial charge in [0.05, 0.1) is 25.5 Å².